The van der Waals surface area contributed by atoms with Crippen LogP contribution in [-0.4, -0.2) is 34.5 Å². The second-order valence-electron chi connectivity index (χ2n) is 5.59. The van der Waals surface area contributed by atoms with E-state index in [0.29, 0.717) is 25.8 Å². The zero-order chi connectivity index (χ0) is 13.2. The Balaban J connectivity index is 2.63. The third-order valence-electron chi connectivity index (χ3n) is 3.83. The molecule has 1 N–H and O–H groups in total. The normalized spacial score (nSPS) is 27.1. The summed E-state index contributed by atoms with van der Waals surface area (Å²) in [5.74, 6) is 0.0422. The van der Waals surface area contributed by atoms with Crippen LogP contribution in [0.25, 0.3) is 0 Å². The molecule has 0 aromatic rings. The first-order chi connectivity index (χ1) is 7.79. The molecular formula is C13H23NO3. The molecule has 0 spiro atoms. The highest BCUT2D eigenvalue weighted by Gasteiger charge is 2.49. The largest absolute Gasteiger partial charge is 0.393 e. The zero-order valence-corrected chi connectivity index (χ0v) is 11.2. The number of aliphatic hydroxyl groups excluding tert-OH is 1. The molecule has 1 fully saturated rings. The van der Waals surface area contributed by atoms with E-state index in [1.54, 1.807) is 6.92 Å². The first kappa shape index (κ1) is 14.2. The lowest BCUT2D eigenvalue weighted by atomic mass is 9.78. The van der Waals surface area contributed by atoms with Gasteiger partial charge in [0.1, 0.15) is 0 Å². The molecule has 0 aliphatic carbocycles. The Bertz CT molecular complexity index is 312. The van der Waals surface area contributed by atoms with Gasteiger partial charge in [-0.25, -0.2) is 0 Å². The lowest BCUT2D eigenvalue weighted by molar-refractivity contribution is -0.142. The van der Waals surface area contributed by atoms with Gasteiger partial charge in [-0.05, 0) is 32.6 Å². The minimum absolute atomic E-state index is 0.0527. The third kappa shape index (κ3) is 2.86. The van der Waals surface area contributed by atoms with E-state index < -0.39 is 5.41 Å². The fourth-order valence-corrected chi connectivity index (χ4v) is 2.13. The molecular weight excluding hydrogens is 218 g/mol. The number of rotatable bonds is 5. The van der Waals surface area contributed by atoms with Gasteiger partial charge < -0.3 is 5.11 Å². The van der Waals surface area contributed by atoms with Crippen LogP contribution in [0.3, 0.4) is 0 Å². The van der Waals surface area contributed by atoms with Gasteiger partial charge in [-0.1, -0.05) is 13.8 Å². The van der Waals surface area contributed by atoms with Crippen LogP contribution in [0.2, 0.25) is 0 Å². The van der Waals surface area contributed by atoms with E-state index in [1.165, 1.54) is 4.90 Å². The number of hydrogen-bond donors (Lipinski definition) is 1. The van der Waals surface area contributed by atoms with E-state index in [-0.39, 0.29) is 23.8 Å². The van der Waals surface area contributed by atoms with Gasteiger partial charge in [0.25, 0.3) is 0 Å². The summed E-state index contributed by atoms with van der Waals surface area (Å²) in [6, 6.07) is 0. The van der Waals surface area contributed by atoms with Crippen molar-refractivity contribution < 1.29 is 14.7 Å². The molecule has 0 saturated carbocycles. The standard InChI is InChI=1S/C13H23NO3/c1-9(2)13(4)8-11(16)14(12(13)17)7-5-6-10(3)15/h9-10,15H,5-8H2,1-4H3. The summed E-state index contributed by atoms with van der Waals surface area (Å²) >= 11 is 0. The summed E-state index contributed by atoms with van der Waals surface area (Å²) < 4.78 is 0. The first-order valence-corrected chi connectivity index (χ1v) is 6.32. The Morgan fingerprint density at radius 3 is 2.35 bits per heavy atom. The summed E-state index contributed by atoms with van der Waals surface area (Å²) in [6.45, 7) is 7.97. The monoisotopic (exact) mass is 241 g/mol. The van der Waals surface area contributed by atoms with Crippen LogP contribution in [0, 0.1) is 11.3 Å². The highest BCUT2D eigenvalue weighted by molar-refractivity contribution is 6.05. The molecule has 0 aromatic carbocycles. The Morgan fingerprint density at radius 1 is 1.35 bits per heavy atom. The maximum atomic E-state index is 12.2. The van der Waals surface area contributed by atoms with Crippen LogP contribution in [0.15, 0.2) is 0 Å². The molecule has 4 heteroatoms. The Hall–Kier alpha value is -0.900. The van der Waals surface area contributed by atoms with E-state index >= 15 is 0 Å². The smallest absolute Gasteiger partial charge is 0.235 e. The van der Waals surface area contributed by atoms with Gasteiger partial charge in [-0.3, -0.25) is 14.5 Å². The molecule has 0 radical (unpaired) electrons. The summed E-state index contributed by atoms with van der Waals surface area (Å²) in [6.07, 6.45) is 1.23. The second kappa shape index (κ2) is 5.17. The molecule has 0 aromatic heterocycles. The average Bonchev–Trinajstić information content (AvgIpc) is 2.42. The van der Waals surface area contributed by atoms with Gasteiger partial charge in [0.15, 0.2) is 0 Å². The number of likely N-dealkylation sites (tertiary alicyclic amines) is 1. The average molecular weight is 241 g/mol. The number of imide groups is 1. The Kier molecular flexibility index (Phi) is 4.31. The van der Waals surface area contributed by atoms with Gasteiger partial charge in [-0.2, -0.15) is 0 Å². The number of carbonyl (C=O) groups excluding carboxylic acids is 2. The Labute approximate surface area is 103 Å². The molecule has 17 heavy (non-hydrogen) atoms. The minimum atomic E-state index is -0.540. The Morgan fingerprint density at radius 2 is 1.94 bits per heavy atom. The fourth-order valence-electron chi connectivity index (χ4n) is 2.13. The quantitative estimate of drug-likeness (QED) is 0.743. The zero-order valence-electron chi connectivity index (χ0n) is 11.2. The summed E-state index contributed by atoms with van der Waals surface area (Å²) in [5, 5.41) is 9.16. The lowest BCUT2D eigenvalue weighted by Crippen LogP contribution is -2.37. The molecule has 2 amide bonds. The maximum Gasteiger partial charge on any atom is 0.235 e. The highest BCUT2D eigenvalue weighted by Crippen LogP contribution is 2.39. The summed E-state index contributed by atoms with van der Waals surface area (Å²) in [7, 11) is 0. The van der Waals surface area contributed by atoms with E-state index in [9.17, 15) is 9.59 Å². The molecule has 2 atom stereocenters. The van der Waals surface area contributed by atoms with Crippen LogP contribution >= 0.6 is 0 Å². The van der Waals surface area contributed by atoms with Crippen molar-refractivity contribution in [1.82, 2.24) is 4.90 Å². The van der Waals surface area contributed by atoms with E-state index in [0.717, 1.165) is 0 Å². The van der Waals surface area contributed by atoms with Crippen LogP contribution in [0.1, 0.15) is 47.0 Å². The molecule has 1 aliphatic rings. The van der Waals surface area contributed by atoms with Gasteiger partial charge >= 0.3 is 0 Å². The summed E-state index contributed by atoms with van der Waals surface area (Å²) in [4.78, 5) is 25.4. The van der Waals surface area contributed by atoms with Crippen LogP contribution in [-0.2, 0) is 9.59 Å². The first-order valence-electron chi connectivity index (χ1n) is 6.32. The number of hydrogen-bond acceptors (Lipinski definition) is 3. The van der Waals surface area contributed by atoms with Crippen molar-refractivity contribution in [3.05, 3.63) is 0 Å². The van der Waals surface area contributed by atoms with E-state index in [4.69, 9.17) is 5.11 Å². The SMILES string of the molecule is CC(O)CCCN1C(=O)CC(C)(C(C)C)C1=O. The van der Waals surface area contributed by atoms with E-state index in [1.807, 2.05) is 20.8 Å². The number of nitrogens with zero attached hydrogens (tertiary/aromatic N) is 1. The molecule has 1 heterocycles. The van der Waals surface area contributed by atoms with Crippen LogP contribution in [0.5, 0.6) is 0 Å². The highest BCUT2D eigenvalue weighted by atomic mass is 16.3. The molecule has 1 saturated heterocycles. The van der Waals surface area contributed by atoms with Crippen molar-refractivity contribution in [2.75, 3.05) is 6.54 Å². The predicted molar refractivity (Wildman–Crippen MR) is 65.2 cm³/mol. The van der Waals surface area contributed by atoms with Crippen LogP contribution in [0.4, 0.5) is 0 Å². The van der Waals surface area contributed by atoms with Crippen molar-refractivity contribution in [3.8, 4) is 0 Å². The topological polar surface area (TPSA) is 57.6 Å². The minimum Gasteiger partial charge on any atom is -0.393 e. The molecule has 2 unspecified atom stereocenters. The lowest BCUT2D eigenvalue weighted by Gasteiger charge is -2.26. The second-order valence-corrected chi connectivity index (χ2v) is 5.59. The van der Waals surface area contributed by atoms with Crippen molar-refractivity contribution >= 4 is 11.8 Å². The van der Waals surface area contributed by atoms with Crippen LogP contribution < -0.4 is 0 Å². The molecule has 1 rings (SSSR count). The van der Waals surface area contributed by atoms with Crippen molar-refractivity contribution in [2.24, 2.45) is 11.3 Å². The van der Waals surface area contributed by atoms with Gasteiger partial charge in [0, 0.05) is 13.0 Å². The van der Waals surface area contributed by atoms with E-state index in [2.05, 4.69) is 0 Å². The van der Waals surface area contributed by atoms with Gasteiger partial charge in [-0.15, -0.1) is 0 Å². The third-order valence-corrected chi connectivity index (χ3v) is 3.83. The number of amides is 2. The van der Waals surface area contributed by atoms with Crippen molar-refractivity contribution in [1.29, 1.82) is 0 Å². The number of carbonyl (C=O) groups is 2. The molecule has 98 valence electrons. The predicted octanol–water partition coefficient (Wildman–Crippen LogP) is 1.57. The molecule has 1 aliphatic heterocycles. The van der Waals surface area contributed by atoms with Gasteiger partial charge in [0.05, 0.1) is 11.5 Å². The van der Waals surface area contributed by atoms with Crippen molar-refractivity contribution in [3.63, 3.8) is 0 Å². The van der Waals surface area contributed by atoms with Gasteiger partial charge in [0.2, 0.25) is 11.8 Å². The van der Waals surface area contributed by atoms with Crippen molar-refractivity contribution in [2.45, 2.75) is 53.1 Å². The number of aliphatic hydroxyl groups is 1. The molecule has 0 bridgehead atoms. The fraction of sp³-hybridized carbons (Fsp3) is 0.846. The summed E-state index contributed by atoms with van der Waals surface area (Å²) in [5.41, 5.74) is -0.540. The molecule has 4 nitrogen and oxygen atoms in total. The maximum absolute atomic E-state index is 12.2.